The maximum atomic E-state index is 12.8. The molecule has 1 aromatic heterocycles. The van der Waals surface area contributed by atoms with E-state index < -0.39 is 0 Å². The minimum atomic E-state index is -0.0420. The Hall–Kier alpha value is -2.86. The Morgan fingerprint density at radius 2 is 1.77 bits per heavy atom. The standard InChI is InChI=1S/C25H28N4OS/c1-18-5-9-20(10-6-18)22-15-27-25(28-16-22)29-13-3-4-21(17-29)24(30)26-14-19-7-11-23(31-2)12-8-19/h5-12,15-16,21H,3-4,13-14,17H2,1-2H3,(H,26,30)/t21-/m1/s1. The number of piperidine rings is 1. The number of aryl methyl sites for hydroxylation is 1. The van der Waals surface area contributed by atoms with Crippen LogP contribution >= 0.6 is 11.8 Å². The lowest BCUT2D eigenvalue weighted by Crippen LogP contribution is -2.43. The van der Waals surface area contributed by atoms with Crippen LogP contribution in [0.15, 0.2) is 65.8 Å². The van der Waals surface area contributed by atoms with Crippen molar-refractivity contribution < 1.29 is 4.79 Å². The number of aromatic nitrogens is 2. The molecule has 5 nitrogen and oxygen atoms in total. The van der Waals surface area contributed by atoms with Crippen molar-refractivity contribution in [2.24, 2.45) is 5.92 Å². The molecule has 1 atom stereocenters. The number of hydrogen-bond donors (Lipinski definition) is 1. The van der Waals surface area contributed by atoms with E-state index in [0.29, 0.717) is 19.0 Å². The minimum absolute atomic E-state index is 0.0420. The molecule has 1 aliphatic rings. The number of hydrogen-bond acceptors (Lipinski definition) is 5. The predicted molar refractivity (Wildman–Crippen MR) is 127 cm³/mol. The van der Waals surface area contributed by atoms with Gasteiger partial charge in [0.1, 0.15) is 0 Å². The third-order valence-electron chi connectivity index (χ3n) is 5.72. The van der Waals surface area contributed by atoms with Gasteiger partial charge in [0.15, 0.2) is 0 Å². The van der Waals surface area contributed by atoms with Crippen molar-refractivity contribution in [3.63, 3.8) is 0 Å². The molecule has 4 rings (SSSR count). The number of amides is 1. The van der Waals surface area contributed by atoms with Crippen LogP contribution in [0, 0.1) is 12.8 Å². The summed E-state index contributed by atoms with van der Waals surface area (Å²) in [6, 6.07) is 16.7. The number of thioether (sulfide) groups is 1. The molecule has 1 amide bonds. The quantitative estimate of drug-likeness (QED) is 0.572. The average Bonchev–Trinajstić information content (AvgIpc) is 2.83. The van der Waals surface area contributed by atoms with Crippen LogP contribution in [-0.2, 0) is 11.3 Å². The summed E-state index contributed by atoms with van der Waals surface area (Å²) in [5, 5.41) is 3.10. The summed E-state index contributed by atoms with van der Waals surface area (Å²) >= 11 is 1.72. The van der Waals surface area contributed by atoms with Crippen LogP contribution in [-0.4, -0.2) is 35.2 Å². The highest BCUT2D eigenvalue weighted by atomic mass is 32.2. The number of nitrogens with zero attached hydrogens (tertiary/aromatic N) is 3. The summed E-state index contributed by atoms with van der Waals surface area (Å²) in [4.78, 5) is 25.3. The summed E-state index contributed by atoms with van der Waals surface area (Å²) < 4.78 is 0. The molecule has 1 aliphatic heterocycles. The smallest absolute Gasteiger partial charge is 0.225 e. The van der Waals surface area contributed by atoms with E-state index in [9.17, 15) is 4.79 Å². The highest BCUT2D eigenvalue weighted by molar-refractivity contribution is 7.98. The molecule has 0 aliphatic carbocycles. The van der Waals surface area contributed by atoms with Crippen molar-refractivity contribution >= 4 is 23.6 Å². The van der Waals surface area contributed by atoms with E-state index in [1.165, 1.54) is 10.5 Å². The molecule has 1 N–H and O–H groups in total. The van der Waals surface area contributed by atoms with Gasteiger partial charge < -0.3 is 10.2 Å². The second-order valence-corrected chi connectivity index (χ2v) is 8.87. The van der Waals surface area contributed by atoms with E-state index in [-0.39, 0.29) is 11.8 Å². The zero-order valence-electron chi connectivity index (χ0n) is 18.0. The first-order valence-corrected chi connectivity index (χ1v) is 11.9. The highest BCUT2D eigenvalue weighted by Gasteiger charge is 2.27. The summed E-state index contributed by atoms with van der Waals surface area (Å²) in [5.74, 6) is 0.760. The van der Waals surface area contributed by atoms with Crippen LogP contribution < -0.4 is 10.2 Å². The summed E-state index contributed by atoms with van der Waals surface area (Å²) in [6.45, 7) is 4.17. The van der Waals surface area contributed by atoms with Gasteiger partial charge in [-0.25, -0.2) is 9.97 Å². The van der Waals surface area contributed by atoms with Crippen molar-refractivity contribution in [2.75, 3.05) is 24.2 Å². The Morgan fingerprint density at radius 3 is 2.45 bits per heavy atom. The van der Waals surface area contributed by atoms with Crippen molar-refractivity contribution in [2.45, 2.75) is 31.2 Å². The fourth-order valence-corrected chi connectivity index (χ4v) is 4.24. The molecule has 2 aromatic carbocycles. The largest absolute Gasteiger partial charge is 0.352 e. The summed E-state index contributed by atoms with van der Waals surface area (Å²) in [6.07, 6.45) is 7.66. The SMILES string of the molecule is CSc1ccc(CNC(=O)[C@@H]2CCCN(c3ncc(-c4ccc(C)cc4)cn3)C2)cc1. The van der Waals surface area contributed by atoms with E-state index in [1.54, 1.807) is 11.8 Å². The molecule has 0 unspecified atom stereocenters. The molecule has 6 heteroatoms. The maximum absolute atomic E-state index is 12.8. The van der Waals surface area contributed by atoms with Gasteiger partial charge in [0.05, 0.1) is 5.92 Å². The molecule has 1 saturated heterocycles. The zero-order chi connectivity index (χ0) is 21.6. The first-order chi connectivity index (χ1) is 15.1. The van der Waals surface area contributed by atoms with Crippen LogP contribution in [0.3, 0.4) is 0 Å². The van der Waals surface area contributed by atoms with Crippen molar-refractivity contribution in [3.05, 3.63) is 72.1 Å². The molecular weight excluding hydrogens is 404 g/mol. The number of nitrogens with one attached hydrogen (secondary N) is 1. The number of rotatable bonds is 6. The number of carbonyl (C=O) groups is 1. The molecule has 2 heterocycles. The molecule has 31 heavy (non-hydrogen) atoms. The molecule has 1 fully saturated rings. The van der Waals surface area contributed by atoms with Gasteiger partial charge in [0.25, 0.3) is 0 Å². The fraction of sp³-hybridized carbons (Fsp3) is 0.320. The molecule has 0 bridgehead atoms. The van der Waals surface area contributed by atoms with E-state index in [0.717, 1.165) is 36.1 Å². The first kappa shape index (κ1) is 21.4. The molecular formula is C25H28N4OS. The molecule has 0 saturated carbocycles. The third kappa shape index (κ3) is 5.44. The maximum Gasteiger partial charge on any atom is 0.225 e. The van der Waals surface area contributed by atoms with Gasteiger partial charge in [0.2, 0.25) is 11.9 Å². The fourth-order valence-electron chi connectivity index (χ4n) is 3.83. The summed E-state index contributed by atoms with van der Waals surface area (Å²) in [7, 11) is 0. The van der Waals surface area contributed by atoms with Gasteiger partial charge in [-0.15, -0.1) is 11.8 Å². The second-order valence-electron chi connectivity index (χ2n) is 7.99. The lowest BCUT2D eigenvalue weighted by Gasteiger charge is -2.32. The van der Waals surface area contributed by atoms with Crippen LogP contribution in [0.25, 0.3) is 11.1 Å². The van der Waals surface area contributed by atoms with Crippen LogP contribution in [0.5, 0.6) is 0 Å². The number of anilines is 1. The van der Waals surface area contributed by atoms with Crippen molar-refractivity contribution in [1.82, 2.24) is 15.3 Å². The van der Waals surface area contributed by atoms with Gasteiger partial charge in [0, 0.05) is 42.5 Å². The topological polar surface area (TPSA) is 58.1 Å². The number of carbonyl (C=O) groups excluding carboxylic acids is 1. The Kier molecular flexibility index (Phi) is 6.87. The van der Waals surface area contributed by atoms with Crippen molar-refractivity contribution in [3.8, 4) is 11.1 Å². The Morgan fingerprint density at radius 1 is 1.06 bits per heavy atom. The van der Waals surface area contributed by atoms with Gasteiger partial charge in [-0.2, -0.15) is 0 Å². The van der Waals surface area contributed by atoms with Gasteiger partial charge in [-0.1, -0.05) is 42.0 Å². The third-order valence-corrected chi connectivity index (χ3v) is 6.47. The lowest BCUT2D eigenvalue weighted by molar-refractivity contribution is -0.125. The zero-order valence-corrected chi connectivity index (χ0v) is 18.9. The van der Waals surface area contributed by atoms with E-state index in [4.69, 9.17) is 0 Å². The van der Waals surface area contributed by atoms with E-state index in [2.05, 4.69) is 81.9 Å². The van der Waals surface area contributed by atoms with Crippen molar-refractivity contribution in [1.29, 1.82) is 0 Å². The Balaban J connectivity index is 1.35. The Bertz CT molecular complexity index is 1000. The van der Waals surface area contributed by atoms with E-state index >= 15 is 0 Å². The normalized spacial score (nSPS) is 16.2. The molecule has 0 radical (unpaired) electrons. The van der Waals surface area contributed by atoms with E-state index in [1.807, 2.05) is 12.4 Å². The van der Waals surface area contributed by atoms with Gasteiger partial charge in [-0.3, -0.25) is 4.79 Å². The second kappa shape index (κ2) is 9.96. The van der Waals surface area contributed by atoms with Gasteiger partial charge >= 0.3 is 0 Å². The molecule has 160 valence electrons. The molecule has 0 spiro atoms. The van der Waals surface area contributed by atoms with Crippen LogP contribution in [0.2, 0.25) is 0 Å². The minimum Gasteiger partial charge on any atom is -0.352 e. The number of benzene rings is 2. The summed E-state index contributed by atoms with van der Waals surface area (Å²) in [5.41, 5.74) is 4.46. The first-order valence-electron chi connectivity index (χ1n) is 10.7. The Labute approximate surface area is 188 Å². The lowest BCUT2D eigenvalue weighted by atomic mass is 9.97. The highest BCUT2D eigenvalue weighted by Crippen LogP contribution is 2.23. The predicted octanol–water partition coefficient (Wildman–Crippen LogP) is 4.71. The van der Waals surface area contributed by atoms with Crippen LogP contribution in [0.4, 0.5) is 5.95 Å². The molecule has 3 aromatic rings. The van der Waals surface area contributed by atoms with Crippen LogP contribution in [0.1, 0.15) is 24.0 Å². The van der Waals surface area contributed by atoms with Gasteiger partial charge in [-0.05, 0) is 49.3 Å². The average molecular weight is 433 g/mol. The monoisotopic (exact) mass is 432 g/mol.